The first-order valence-electron chi connectivity index (χ1n) is 9.79. The van der Waals surface area contributed by atoms with Crippen molar-refractivity contribution in [3.05, 3.63) is 18.1 Å². The van der Waals surface area contributed by atoms with Crippen molar-refractivity contribution in [1.29, 1.82) is 0 Å². The third kappa shape index (κ3) is 4.11. The molecule has 0 saturated carbocycles. The molecule has 2 aromatic heterocycles. The number of nitrogens with one attached hydrogen (secondary N) is 2. The summed E-state index contributed by atoms with van der Waals surface area (Å²) in [5.74, 6) is 4.18. The number of carbonyl (C=O) groups excluding carboxylic acids is 2. The summed E-state index contributed by atoms with van der Waals surface area (Å²) in [5, 5.41) is 32.6. The maximum absolute atomic E-state index is 12.7. The number of nitrogens with two attached hydrogens (primary N) is 2. The first kappa shape index (κ1) is 23.0. The van der Waals surface area contributed by atoms with E-state index in [1.54, 1.807) is 0 Å². The largest absolute Gasteiger partial charge is 0.394 e. The molecule has 1 aliphatic rings. The predicted octanol–water partition coefficient (Wildman–Crippen LogP) is -2.04. The van der Waals surface area contributed by atoms with E-state index in [2.05, 4.69) is 20.7 Å². The number of primary amides is 1. The Kier molecular flexibility index (Phi) is 6.83. The van der Waals surface area contributed by atoms with Gasteiger partial charge in [-0.25, -0.2) is 15.4 Å². The van der Waals surface area contributed by atoms with Gasteiger partial charge in [0.25, 0.3) is 5.91 Å². The van der Waals surface area contributed by atoms with Crippen molar-refractivity contribution in [2.75, 3.05) is 11.9 Å². The average Bonchev–Trinajstić information content (AvgIpc) is 3.27. The predicted molar refractivity (Wildman–Crippen MR) is 108 cm³/mol. The molecule has 0 spiro atoms. The Balaban J connectivity index is 2.06. The number of aliphatic hydroxyl groups excluding tert-OH is 3. The minimum atomic E-state index is -1.40. The molecule has 6 unspecified atom stereocenters. The number of aromatic nitrogens is 3. The van der Waals surface area contributed by atoms with Gasteiger partial charge < -0.3 is 35.7 Å². The summed E-state index contributed by atoms with van der Waals surface area (Å²) in [7, 11) is 0. The molecule has 2 aromatic rings. The Morgan fingerprint density at radius 1 is 1.32 bits per heavy atom. The number of carbonyl (C=O) groups is 2. The van der Waals surface area contributed by atoms with Crippen molar-refractivity contribution < 1.29 is 29.6 Å². The Morgan fingerprint density at radius 2 is 2.03 bits per heavy atom. The molecule has 6 atom stereocenters. The quantitative estimate of drug-likeness (QED) is 0.177. The van der Waals surface area contributed by atoms with Gasteiger partial charge in [-0.1, -0.05) is 20.3 Å². The molecule has 0 aliphatic carbocycles. The fourth-order valence-electron chi connectivity index (χ4n) is 3.60. The van der Waals surface area contributed by atoms with E-state index in [0.717, 1.165) is 6.33 Å². The van der Waals surface area contributed by atoms with Gasteiger partial charge in [0.1, 0.15) is 42.1 Å². The van der Waals surface area contributed by atoms with E-state index >= 15 is 0 Å². The number of nitrogens with zero attached hydrogens (tertiary/aromatic N) is 3. The van der Waals surface area contributed by atoms with Gasteiger partial charge in [0.2, 0.25) is 5.91 Å². The van der Waals surface area contributed by atoms with Gasteiger partial charge in [-0.2, -0.15) is 0 Å². The van der Waals surface area contributed by atoms with Crippen LogP contribution in [0.4, 0.5) is 5.82 Å². The van der Waals surface area contributed by atoms with Crippen LogP contribution in [-0.2, 0) is 9.53 Å². The van der Waals surface area contributed by atoms with Crippen LogP contribution in [-0.4, -0.2) is 72.6 Å². The number of hydrogen-bond donors (Lipinski definition) is 7. The molecular weight excluding hydrogens is 410 g/mol. The molecule has 1 saturated heterocycles. The van der Waals surface area contributed by atoms with Crippen LogP contribution in [0.3, 0.4) is 0 Å². The average molecular weight is 437 g/mol. The fourth-order valence-corrected chi connectivity index (χ4v) is 3.60. The first-order valence-corrected chi connectivity index (χ1v) is 9.79. The number of aliphatic hydroxyl groups is 3. The van der Waals surface area contributed by atoms with Gasteiger partial charge in [0.05, 0.1) is 17.6 Å². The summed E-state index contributed by atoms with van der Waals surface area (Å²) in [5.41, 5.74) is 8.10. The highest BCUT2D eigenvalue weighted by molar-refractivity contribution is 6.11. The number of rotatable bonds is 8. The van der Waals surface area contributed by atoms with Crippen molar-refractivity contribution in [2.24, 2.45) is 17.5 Å². The highest BCUT2D eigenvalue weighted by Gasteiger charge is 2.44. The molecule has 170 valence electrons. The molecule has 0 bridgehead atoms. The van der Waals surface area contributed by atoms with Gasteiger partial charge in [0.15, 0.2) is 6.23 Å². The van der Waals surface area contributed by atoms with Crippen LogP contribution in [0, 0.1) is 5.92 Å². The van der Waals surface area contributed by atoms with Gasteiger partial charge in [-0.05, 0) is 5.92 Å². The molecule has 1 aliphatic heterocycles. The van der Waals surface area contributed by atoms with Crippen molar-refractivity contribution in [2.45, 2.75) is 50.8 Å². The molecule has 0 radical (unpaired) electrons. The summed E-state index contributed by atoms with van der Waals surface area (Å²) in [6, 6.07) is -0.713. The molecular formula is C18H27N7O6. The van der Waals surface area contributed by atoms with Crippen LogP contribution < -0.4 is 22.3 Å². The topological polar surface area (TPSA) is 211 Å². The van der Waals surface area contributed by atoms with Crippen molar-refractivity contribution in [3.8, 4) is 0 Å². The monoisotopic (exact) mass is 437 g/mol. The van der Waals surface area contributed by atoms with E-state index in [0.29, 0.717) is 6.42 Å². The smallest absolute Gasteiger partial charge is 0.251 e. The highest BCUT2D eigenvalue weighted by atomic mass is 16.6. The molecule has 9 N–H and O–H groups in total. The van der Waals surface area contributed by atoms with Crippen LogP contribution in [0.15, 0.2) is 12.5 Å². The van der Waals surface area contributed by atoms with Crippen LogP contribution in [0.25, 0.3) is 11.0 Å². The Hall–Kier alpha value is -2.68. The van der Waals surface area contributed by atoms with Crippen LogP contribution in [0.1, 0.15) is 36.9 Å². The molecule has 3 rings (SSSR count). The molecule has 3 heterocycles. The zero-order valence-corrected chi connectivity index (χ0v) is 17.1. The second-order valence-corrected chi connectivity index (χ2v) is 7.48. The minimum absolute atomic E-state index is 0.0237. The van der Waals surface area contributed by atoms with E-state index in [1.165, 1.54) is 10.8 Å². The third-order valence-electron chi connectivity index (χ3n) is 5.58. The zero-order valence-electron chi connectivity index (χ0n) is 17.1. The lowest BCUT2D eigenvalue weighted by Gasteiger charge is -2.21. The maximum atomic E-state index is 12.7. The number of hydrazine groups is 1. The van der Waals surface area contributed by atoms with E-state index in [1.807, 2.05) is 13.8 Å². The van der Waals surface area contributed by atoms with Crippen LogP contribution in [0.5, 0.6) is 0 Å². The van der Waals surface area contributed by atoms with E-state index in [9.17, 15) is 24.9 Å². The standard InChI is InChI=1S/C18H27N7O6/c1-3-7(2)11(24-20)17(30)23-15-10-8(14(19)29)4-25(16(10)22-6-21-15)18-13(28)12(27)9(5-26)31-18/h4,6-7,9,11-13,18,24,26-28H,3,5,20H2,1-2H3,(H2,19,29)(H,21,22,23,30). The van der Waals surface area contributed by atoms with Gasteiger partial charge in [-0.15, -0.1) is 0 Å². The van der Waals surface area contributed by atoms with E-state index in [-0.39, 0.29) is 28.3 Å². The normalized spacial score (nSPS) is 25.5. The Morgan fingerprint density at radius 3 is 2.58 bits per heavy atom. The Labute approximate surface area is 177 Å². The summed E-state index contributed by atoms with van der Waals surface area (Å²) >= 11 is 0. The molecule has 0 aromatic carbocycles. The number of fused-ring (bicyclic) bond motifs is 1. The van der Waals surface area contributed by atoms with Crippen molar-refractivity contribution in [3.63, 3.8) is 0 Å². The summed E-state index contributed by atoms with van der Waals surface area (Å²) in [6.07, 6.45) is -1.78. The van der Waals surface area contributed by atoms with Crippen LogP contribution >= 0.6 is 0 Å². The van der Waals surface area contributed by atoms with Crippen molar-refractivity contribution in [1.82, 2.24) is 20.0 Å². The molecule has 13 heteroatoms. The summed E-state index contributed by atoms with van der Waals surface area (Å²) < 4.78 is 6.84. The molecule has 2 amide bonds. The summed E-state index contributed by atoms with van der Waals surface area (Å²) in [6.45, 7) is 3.25. The molecule has 13 nitrogen and oxygen atoms in total. The number of amides is 2. The fraction of sp³-hybridized carbons (Fsp3) is 0.556. The molecule has 1 fully saturated rings. The number of ether oxygens (including phenoxy) is 1. The third-order valence-corrected chi connectivity index (χ3v) is 5.58. The number of anilines is 1. The second kappa shape index (κ2) is 9.21. The van der Waals surface area contributed by atoms with E-state index < -0.39 is 49.0 Å². The minimum Gasteiger partial charge on any atom is -0.394 e. The first-order chi connectivity index (χ1) is 14.7. The lowest BCUT2D eigenvalue weighted by molar-refractivity contribution is -0.119. The SMILES string of the molecule is CCC(C)C(NN)C(=O)Nc1ncnc2c1c(C(N)=O)cn2C1OC(CO)C(O)C1O. The van der Waals surface area contributed by atoms with Gasteiger partial charge >= 0.3 is 0 Å². The summed E-state index contributed by atoms with van der Waals surface area (Å²) in [4.78, 5) is 33.1. The maximum Gasteiger partial charge on any atom is 0.251 e. The lowest BCUT2D eigenvalue weighted by Crippen LogP contribution is -2.48. The molecule has 31 heavy (non-hydrogen) atoms. The number of hydrogen-bond acceptors (Lipinski definition) is 10. The zero-order chi connectivity index (χ0) is 22.9. The second-order valence-electron chi connectivity index (χ2n) is 7.48. The highest BCUT2D eigenvalue weighted by Crippen LogP contribution is 2.35. The van der Waals surface area contributed by atoms with E-state index in [4.69, 9.17) is 16.3 Å². The van der Waals surface area contributed by atoms with Crippen molar-refractivity contribution >= 4 is 28.7 Å². The van der Waals surface area contributed by atoms with Gasteiger partial charge in [0, 0.05) is 6.20 Å². The Bertz CT molecular complexity index is 966. The lowest BCUT2D eigenvalue weighted by atomic mass is 9.99. The van der Waals surface area contributed by atoms with Gasteiger partial charge in [-0.3, -0.25) is 15.4 Å². The van der Waals surface area contributed by atoms with Crippen LogP contribution in [0.2, 0.25) is 0 Å².